The van der Waals surface area contributed by atoms with Gasteiger partial charge in [0.2, 0.25) is 11.3 Å². The fourth-order valence-electron chi connectivity index (χ4n) is 6.73. The maximum atomic E-state index is 14.3. The van der Waals surface area contributed by atoms with Crippen molar-refractivity contribution in [3.8, 4) is 5.75 Å². The zero-order valence-corrected chi connectivity index (χ0v) is 24.4. The molecule has 6 rings (SSSR count). The van der Waals surface area contributed by atoms with Crippen LogP contribution in [-0.2, 0) is 17.9 Å². The number of carbonyl (C=O) groups is 3. The largest absolute Gasteiger partial charge is 0.483 e. The van der Waals surface area contributed by atoms with Crippen LogP contribution in [0.1, 0.15) is 64.2 Å². The first-order valence-electron chi connectivity index (χ1n) is 14.6. The highest BCUT2D eigenvalue weighted by Crippen LogP contribution is 2.50. The smallest absolute Gasteiger partial charge is 0.274 e. The Kier molecular flexibility index (Phi) is 7.89. The standard InChI is InChI=1S/C32H31F3N4O6/c1-18-7-8-32(11-26(41)37(16-32)17-40)25-14-38(18)31(44)27-29(45-15-19-5-3-2-4-6-19)28(42)22(13-39(25)27)30(43)36-12-21-23(34)9-20(33)10-24(21)35/h2-6,9-10,13,18,25,40H,7-8,11-12,14-17H2,1H3,(H,36,43)/t18-,25+,32-/m0/s1. The number of aliphatic hydroxyl groups is 1. The molecule has 4 heterocycles. The number of nitrogens with one attached hydrogen (secondary N) is 1. The molecule has 0 saturated carbocycles. The predicted octanol–water partition coefficient (Wildman–Crippen LogP) is 3.12. The van der Waals surface area contributed by atoms with E-state index < -0.39 is 70.6 Å². The molecule has 0 unspecified atom stereocenters. The minimum Gasteiger partial charge on any atom is -0.483 e. The molecule has 2 aromatic carbocycles. The van der Waals surface area contributed by atoms with Crippen molar-refractivity contribution in [3.05, 3.63) is 98.7 Å². The molecule has 2 N–H and O–H groups in total. The third-order valence-corrected chi connectivity index (χ3v) is 9.19. The van der Waals surface area contributed by atoms with E-state index in [1.54, 1.807) is 35.2 Å². The topological polar surface area (TPSA) is 121 Å². The fourth-order valence-corrected chi connectivity index (χ4v) is 6.73. The minimum atomic E-state index is -1.21. The molecule has 2 saturated heterocycles. The molecule has 236 valence electrons. The van der Waals surface area contributed by atoms with Gasteiger partial charge in [0.25, 0.3) is 11.8 Å². The van der Waals surface area contributed by atoms with E-state index in [9.17, 15) is 37.5 Å². The fraction of sp³-hybridized carbons (Fsp3) is 0.375. The Morgan fingerprint density at radius 3 is 2.49 bits per heavy atom. The van der Waals surface area contributed by atoms with Gasteiger partial charge < -0.3 is 29.5 Å². The van der Waals surface area contributed by atoms with Crippen LogP contribution in [0.15, 0.2) is 53.5 Å². The lowest BCUT2D eigenvalue weighted by Crippen LogP contribution is -2.51. The molecule has 1 spiro atoms. The summed E-state index contributed by atoms with van der Waals surface area (Å²) >= 11 is 0. The highest BCUT2D eigenvalue weighted by molar-refractivity contribution is 5.99. The van der Waals surface area contributed by atoms with Crippen LogP contribution in [0.4, 0.5) is 13.2 Å². The summed E-state index contributed by atoms with van der Waals surface area (Å²) < 4.78 is 49.6. The van der Waals surface area contributed by atoms with Crippen LogP contribution < -0.4 is 15.5 Å². The Hall–Kier alpha value is -4.65. The summed E-state index contributed by atoms with van der Waals surface area (Å²) in [4.78, 5) is 57.3. The van der Waals surface area contributed by atoms with E-state index in [-0.39, 0.29) is 49.5 Å². The van der Waals surface area contributed by atoms with Crippen molar-refractivity contribution in [2.45, 2.75) is 51.4 Å². The van der Waals surface area contributed by atoms with E-state index in [1.165, 1.54) is 15.7 Å². The van der Waals surface area contributed by atoms with E-state index in [0.29, 0.717) is 30.5 Å². The highest BCUT2D eigenvalue weighted by atomic mass is 19.1. The van der Waals surface area contributed by atoms with Gasteiger partial charge in [-0.15, -0.1) is 0 Å². The molecule has 0 radical (unpaired) electrons. The maximum Gasteiger partial charge on any atom is 0.274 e. The molecule has 3 aliphatic rings. The predicted molar refractivity (Wildman–Crippen MR) is 154 cm³/mol. The Morgan fingerprint density at radius 2 is 1.82 bits per heavy atom. The summed E-state index contributed by atoms with van der Waals surface area (Å²) in [6.07, 6.45) is 2.42. The Morgan fingerprint density at radius 1 is 1.11 bits per heavy atom. The van der Waals surface area contributed by atoms with Gasteiger partial charge >= 0.3 is 0 Å². The highest BCUT2D eigenvalue weighted by Gasteiger charge is 2.54. The lowest BCUT2D eigenvalue weighted by atomic mass is 9.75. The van der Waals surface area contributed by atoms with E-state index >= 15 is 0 Å². The van der Waals surface area contributed by atoms with Crippen molar-refractivity contribution in [3.63, 3.8) is 0 Å². The molecule has 10 nitrogen and oxygen atoms in total. The summed E-state index contributed by atoms with van der Waals surface area (Å²) in [6, 6.07) is 9.05. The average Bonchev–Trinajstić information content (AvgIpc) is 3.28. The van der Waals surface area contributed by atoms with Crippen LogP contribution in [-0.4, -0.2) is 63.1 Å². The SMILES string of the molecule is C[C@H]1CC[C@@]2(CC(=O)N(CO)C2)[C@H]2CN1C(=O)c1c(OCc3ccccc3)c(=O)c(C(=O)NCc3c(F)cc(F)cc3F)cn12. The van der Waals surface area contributed by atoms with Crippen molar-refractivity contribution in [2.75, 3.05) is 19.8 Å². The van der Waals surface area contributed by atoms with Gasteiger partial charge in [-0.1, -0.05) is 30.3 Å². The normalized spacial score (nSPS) is 22.4. The zero-order chi connectivity index (χ0) is 32.0. The van der Waals surface area contributed by atoms with E-state index in [2.05, 4.69) is 5.32 Å². The number of carbonyl (C=O) groups excluding carboxylic acids is 3. The number of rotatable bonds is 7. The molecule has 1 aromatic heterocycles. The molecule has 3 aromatic rings. The Bertz CT molecular complexity index is 1730. The molecule has 45 heavy (non-hydrogen) atoms. The van der Waals surface area contributed by atoms with Gasteiger partial charge in [0.05, 0.1) is 6.04 Å². The summed E-state index contributed by atoms with van der Waals surface area (Å²) in [7, 11) is 0. The van der Waals surface area contributed by atoms with Gasteiger partial charge in [-0.05, 0) is 25.3 Å². The van der Waals surface area contributed by atoms with E-state index in [4.69, 9.17) is 4.74 Å². The van der Waals surface area contributed by atoms with Crippen molar-refractivity contribution in [2.24, 2.45) is 5.41 Å². The van der Waals surface area contributed by atoms with Gasteiger partial charge in [0.1, 0.15) is 36.4 Å². The summed E-state index contributed by atoms with van der Waals surface area (Å²) in [5, 5.41) is 12.2. The van der Waals surface area contributed by atoms with Crippen LogP contribution >= 0.6 is 0 Å². The molecule has 13 heteroatoms. The van der Waals surface area contributed by atoms with Crippen LogP contribution in [0.5, 0.6) is 5.75 Å². The molecule has 3 aliphatic heterocycles. The van der Waals surface area contributed by atoms with E-state index in [0.717, 1.165) is 0 Å². The van der Waals surface area contributed by atoms with E-state index in [1.807, 2.05) is 6.92 Å². The minimum absolute atomic E-state index is 0.0672. The number of fused-ring (bicyclic) bond motifs is 5. The van der Waals surface area contributed by atoms with Crippen molar-refractivity contribution < 1.29 is 37.4 Å². The number of benzene rings is 2. The first-order valence-corrected chi connectivity index (χ1v) is 14.6. The summed E-state index contributed by atoms with van der Waals surface area (Å²) in [5.74, 6) is -5.61. The lowest BCUT2D eigenvalue weighted by molar-refractivity contribution is -0.130. The summed E-state index contributed by atoms with van der Waals surface area (Å²) in [5.41, 5.74) is -2.05. The number of hydrogen-bond donors (Lipinski definition) is 2. The Balaban J connectivity index is 1.47. The number of aromatic nitrogens is 1. The van der Waals surface area contributed by atoms with Crippen LogP contribution in [0.3, 0.4) is 0 Å². The monoisotopic (exact) mass is 624 g/mol. The van der Waals surface area contributed by atoms with Crippen LogP contribution in [0, 0.1) is 22.9 Å². The number of hydrogen-bond acceptors (Lipinski definition) is 6. The maximum absolute atomic E-state index is 14.3. The Labute approximate surface area is 256 Å². The average molecular weight is 625 g/mol. The molecule has 2 bridgehead atoms. The third-order valence-electron chi connectivity index (χ3n) is 9.19. The second kappa shape index (κ2) is 11.7. The number of nitrogens with zero attached hydrogens (tertiary/aromatic N) is 3. The van der Waals surface area contributed by atoms with Gasteiger partial charge in [-0.25, -0.2) is 13.2 Å². The van der Waals surface area contributed by atoms with Crippen molar-refractivity contribution in [1.82, 2.24) is 19.7 Å². The van der Waals surface area contributed by atoms with Crippen molar-refractivity contribution >= 4 is 17.7 Å². The van der Waals surface area contributed by atoms with Gasteiger partial charge in [0.15, 0.2) is 11.4 Å². The second-order valence-electron chi connectivity index (χ2n) is 11.9. The van der Waals surface area contributed by atoms with Crippen LogP contribution in [0.2, 0.25) is 0 Å². The molecule has 3 atom stereocenters. The second-order valence-corrected chi connectivity index (χ2v) is 11.9. The first kappa shape index (κ1) is 30.4. The lowest BCUT2D eigenvalue weighted by Gasteiger charge is -2.43. The number of ether oxygens (including phenoxy) is 1. The van der Waals surface area contributed by atoms with Gasteiger partial charge in [0, 0.05) is 61.4 Å². The van der Waals surface area contributed by atoms with Crippen molar-refractivity contribution in [1.29, 1.82) is 0 Å². The quantitative estimate of drug-likeness (QED) is 0.417. The number of aliphatic hydroxyl groups excluding tert-OH is 1. The molecule has 2 fully saturated rings. The zero-order valence-electron chi connectivity index (χ0n) is 24.4. The van der Waals surface area contributed by atoms with Crippen LogP contribution in [0.25, 0.3) is 0 Å². The number of halogens is 3. The number of pyridine rings is 1. The molecule has 3 amide bonds. The summed E-state index contributed by atoms with van der Waals surface area (Å²) in [6.45, 7) is 1.03. The molecular weight excluding hydrogens is 593 g/mol. The van der Waals surface area contributed by atoms with Gasteiger partial charge in [-0.3, -0.25) is 19.2 Å². The number of amides is 3. The number of likely N-dealkylation sites (tertiary alicyclic amines) is 1. The third kappa shape index (κ3) is 5.34. The van der Waals surface area contributed by atoms with Gasteiger partial charge in [-0.2, -0.15) is 0 Å². The molecule has 0 aliphatic carbocycles. The first-order chi connectivity index (χ1) is 21.5. The molecular formula is C32H31F3N4O6.